The van der Waals surface area contributed by atoms with Crippen LogP contribution in [0.15, 0.2) is 72.7 Å². The Morgan fingerprint density at radius 2 is 1.40 bits per heavy atom. The van der Waals surface area contributed by atoms with Crippen molar-refractivity contribution in [2.75, 3.05) is 0 Å². The van der Waals surface area contributed by atoms with E-state index in [0.717, 1.165) is 6.42 Å². The minimum atomic E-state index is 0.601. The molecule has 0 amide bonds. The van der Waals surface area contributed by atoms with E-state index in [1.54, 1.807) is 12.2 Å². The van der Waals surface area contributed by atoms with Crippen LogP contribution in [0.4, 0.5) is 0 Å². The molecular weight excluding hydrogens is 188 g/mol. The number of allylic oxidation sites excluding steroid dienone is 6. The van der Waals surface area contributed by atoms with Gasteiger partial charge in [-0.25, -0.2) is 0 Å². The van der Waals surface area contributed by atoms with Crippen LogP contribution in [0.25, 0.3) is 0 Å². The molecule has 0 aromatic heterocycles. The van der Waals surface area contributed by atoms with Gasteiger partial charge in [0.1, 0.15) is 0 Å². The summed E-state index contributed by atoms with van der Waals surface area (Å²) in [6.07, 6.45) is 11.9. The first-order valence-electron chi connectivity index (χ1n) is 4.77. The minimum absolute atomic E-state index is 0.601. The number of ether oxygens (including phenoxy) is 2. The summed E-state index contributed by atoms with van der Waals surface area (Å²) in [7, 11) is 0. The van der Waals surface area contributed by atoms with E-state index in [1.165, 1.54) is 0 Å². The molecule has 0 bridgehead atoms. The molecule has 2 heteroatoms. The van der Waals surface area contributed by atoms with E-state index < -0.39 is 0 Å². The summed E-state index contributed by atoms with van der Waals surface area (Å²) in [5, 5.41) is 0. The maximum atomic E-state index is 5.63. The first-order valence-corrected chi connectivity index (χ1v) is 4.77. The zero-order valence-corrected chi connectivity index (χ0v) is 8.40. The van der Waals surface area contributed by atoms with Crippen LogP contribution in [0.1, 0.15) is 6.42 Å². The molecule has 0 saturated heterocycles. The van der Waals surface area contributed by atoms with Crippen LogP contribution >= 0.6 is 0 Å². The highest BCUT2D eigenvalue weighted by Crippen LogP contribution is 2.28. The van der Waals surface area contributed by atoms with Gasteiger partial charge in [0.15, 0.2) is 23.0 Å². The van der Waals surface area contributed by atoms with Gasteiger partial charge in [-0.05, 0) is 30.7 Å². The summed E-state index contributed by atoms with van der Waals surface area (Å²) in [6, 6.07) is 0. The highest BCUT2D eigenvalue weighted by molar-refractivity contribution is 5.37. The quantitative estimate of drug-likeness (QED) is 0.680. The van der Waals surface area contributed by atoms with Crippen molar-refractivity contribution in [3.05, 3.63) is 72.7 Å². The molecule has 0 spiro atoms. The maximum Gasteiger partial charge on any atom is 0.169 e. The van der Waals surface area contributed by atoms with Crippen molar-refractivity contribution in [1.29, 1.82) is 0 Å². The summed E-state index contributed by atoms with van der Waals surface area (Å²) in [5.74, 6) is 2.63. The van der Waals surface area contributed by atoms with Gasteiger partial charge >= 0.3 is 0 Å². The van der Waals surface area contributed by atoms with Crippen molar-refractivity contribution in [2.45, 2.75) is 6.42 Å². The highest BCUT2D eigenvalue weighted by Gasteiger charge is 2.18. The van der Waals surface area contributed by atoms with Gasteiger partial charge in [-0.2, -0.15) is 0 Å². The third-order valence-electron chi connectivity index (χ3n) is 2.11. The molecule has 0 unspecified atom stereocenters. The Morgan fingerprint density at radius 3 is 1.80 bits per heavy atom. The van der Waals surface area contributed by atoms with Crippen molar-refractivity contribution in [2.24, 2.45) is 0 Å². The normalized spacial score (nSPS) is 18.9. The fourth-order valence-electron chi connectivity index (χ4n) is 1.38. The minimum Gasteiger partial charge on any atom is -0.450 e. The maximum absolute atomic E-state index is 5.63. The Labute approximate surface area is 89.2 Å². The summed E-state index contributed by atoms with van der Waals surface area (Å²) in [6.45, 7) is 7.34. The van der Waals surface area contributed by atoms with E-state index >= 15 is 0 Å². The van der Waals surface area contributed by atoms with Gasteiger partial charge in [-0.1, -0.05) is 25.3 Å². The second-order valence-electron chi connectivity index (χ2n) is 3.11. The van der Waals surface area contributed by atoms with Gasteiger partial charge in [0, 0.05) is 0 Å². The fraction of sp³-hybridized carbons (Fsp3) is 0.0769. The predicted molar refractivity (Wildman–Crippen MR) is 59.5 cm³/mol. The SMILES string of the molecule is C=CC1=C(C=C)OC2=C(C=CCC=C2)O1. The van der Waals surface area contributed by atoms with Gasteiger partial charge in [-0.15, -0.1) is 0 Å². The smallest absolute Gasteiger partial charge is 0.169 e. The second-order valence-corrected chi connectivity index (χ2v) is 3.11. The van der Waals surface area contributed by atoms with Crippen molar-refractivity contribution in [1.82, 2.24) is 0 Å². The monoisotopic (exact) mass is 200 g/mol. The van der Waals surface area contributed by atoms with Crippen LogP contribution in [0.5, 0.6) is 0 Å². The average Bonchev–Trinajstić information content (AvgIpc) is 2.51. The van der Waals surface area contributed by atoms with Crippen LogP contribution < -0.4 is 0 Å². The first kappa shape index (κ1) is 9.59. The van der Waals surface area contributed by atoms with Crippen LogP contribution in [0, 0.1) is 0 Å². The van der Waals surface area contributed by atoms with Crippen molar-refractivity contribution in [3.8, 4) is 0 Å². The molecule has 2 nitrogen and oxygen atoms in total. The summed E-state index contributed by atoms with van der Waals surface area (Å²) < 4.78 is 11.3. The molecule has 76 valence electrons. The lowest BCUT2D eigenvalue weighted by Gasteiger charge is -2.20. The molecule has 0 aromatic carbocycles. The molecule has 1 aliphatic carbocycles. The molecule has 1 aliphatic heterocycles. The summed E-state index contributed by atoms with van der Waals surface area (Å²) >= 11 is 0. The Bertz CT molecular complexity index is 382. The topological polar surface area (TPSA) is 18.5 Å². The lowest BCUT2D eigenvalue weighted by atomic mass is 10.3. The first-order chi connectivity index (χ1) is 7.35. The third kappa shape index (κ3) is 1.79. The largest absolute Gasteiger partial charge is 0.450 e. The van der Waals surface area contributed by atoms with E-state index in [4.69, 9.17) is 9.47 Å². The van der Waals surface area contributed by atoms with E-state index in [-0.39, 0.29) is 0 Å². The molecule has 0 saturated carbocycles. The third-order valence-corrected chi connectivity index (χ3v) is 2.11. The molecule has 0 N–H and O–H groups in total. The standard InChI is InChI=1S/C13H12O2/c1-3-10-11(4-2)15-13-9-7-5-6-8-12(13)14-10/h3-4,6-9H,1-2,5H2. The Morgan fingerprint density at radius 1 is 0.933 bits per heavy atom. The van der Waals surface area contributed by atoms with E-state index in [2.05, 4.69) is 13.2 Å². The van der Waals surface area contributed by atoms with Crippen LogP contribution in [-0.2, 0) is 9.47 Å². The van der Waals surface area contributed by atoms with Crippen LogP contribution in [0.2, 0.25) is 0 Å². The summed E-state index contributed by atoms with van der Waals surface area (Å²) in [4.78, 5) is 0. The Hall–Kier alpha value is -1.96. The van der Waals surface area contributed by atoms with Gasteiger partial charge in [0.2, 0.25) is 0 Å². The average molecular weight is 200 g/mol. The molecule has 0 aromatic rings. The number of rotatable bonds is 2. The van der Waals surface area contributed by atoms with Crippen LogP contribution in [0.3, 0.4) is 0 Å². The summed E-state index contributed by atoms with van der Waals surface area (Å²) in [5.41, 5.74) is 0. The molecule has 0 radical (unpaired) electrons. The molecule has 0 fully saturated rings. The lowest BCUT2D eigenvalue weighted by molar-refractivity contribution is 0.209. The molecule has 2 aliphatic rings. The Kier molecular flexibility index (Phi) is 2.59. The molecule has 15 heavy (non-hydrogen) atoms. The number of hydrogen-bond acceptors (Lipinski definition) is 2. The molecular formula is C13H12O2. The van der Waals surface area contributed by atoms with Crippen molar-refractivity contribution >= 4 is 0 Å². The van der Waals surface area contributed by atoms with E-state index in [1.807, 2.05) is 24.3 Å². The number of hydrogen-bond donors (Lipinski definition) is 0. The van der Waals surface area contributed by atoms with E-state index in [9.17, 15) is 0 Å². The van der Waals surface area contributed by atoms with E-state index in [0.29, 0.717) is 23.0 Å². The highest BCUT2D eigenvalue weighted by atomic mass is 16.6. The van der Waals surface area contributed by atoms with Crippen molar-refractivity contribution < 1.29 is 9.47 Å². The zero-order chi connectivity index (χ0) is 10.7. The van der Waals surface area contributed by atoms with Gasteiger partial charge in [0.25, 0.3) is 0 Å². The van der Waals surface area contributed by atoms with Gasteiger partial charge in [-0.3, -0.25) is 0 Å². The van der Waals surface area contributed by atoms with Crippen molar-refractivity contribution in [3.63, 3.8) is 0 Å². The Balaban J connectivity index is 2.36. The fourth-order valence-corrected chi connectivity index (χ4v) is 1.38. The van der Waals surface area contributed by atoms with Gasteiger partial charge < -0.3 is 9.47 Å². The van der Waals surface area contributed by atoms with Gasteiger partial charge in [0.05, 0.1) is 0 Å². The zero-order valence-electron chi connectivity index (χ0n) is 8.40. The predicted octanol–water partition coefficient (Wildman–Crippen LogP) is 3.34. The van der Waals surface area contributed by atoms with Crippen LogP contribution in [-0.4, -0.2) is 0 Å². The molecule has 2 rings (SSSR count). The second kappa shape index (κ2) is 4.05. The molecule has 0 atom stereocenters. The lowest BCUT2D eigenvalue weighted by Crippen LogP contribution is -2.06. The molecule has 1 heterocycles.